The molecule has 11 nitrogen and oxygen atoms in total. The summed E-state index contributed by atoms with van der Waals surface area (Å²) >= 11 is 0. The Bertz CT molecular complexity index is 2230. The number of piperidine rings is 1. The summed E-state index contributed by atoms with van der Waals surface area (Å²) < 4.78 is 33.2. The molecule has 274 valence electrons. The van der Waals surface area contributed by atoms with Crippen LogP contribution in [0.4, 0.5) is 24.9 Å². The number of alkyl halides is 3. The van der Waals surface area contributed by atoms with Crippen molar-refractivity contribution in [2.24, 2.45) is 5.92 Å². The summed E-state index contributed by atoms with van der Waals surface area (Å²) in [6, 6.07) is 32.3. The molecule has 1 aliphatic rings. The number of fused-ring (bicyclic) bond motifs is 2. The van der Waals surface area contributed by atoms with Gasteiger partial charge in [-0.1, -0.05) is 84.9 Å². The SMILES string of the molecule is O=C(O)C(Cc1ccc2ccccc2c1)Cn1cc(Cc2ccccc2)c(N2CCC(Nc3nc4ccccc4[nH]3)CC2)nc1=O.O=C(O)C(F)(F)F. The van der Waals surface area contributed by atoms with E-state index in [1.807, 2.05) is 91.1 Å². The molecule has 4 N–H and O–H groups in total. The van der Waals surface area contributed by atoms with Gasteiger partial charge in [-0.05, 0) is 53.3 Å². The maximum atomic E-state index is 13.5. The fourth-order valence-electron chi connectivity index (χ4n) is 6.44. The second kappa shape index (κ2) is 16.0. The number of nitrogens with one attached hydrogen (secondary N) is 2. The molecule has 6 aromatic rings. The molecule has 14 heteroatoms. The molecule has 7 rings (SSSR count). The maximum Gasteiger partial charge on any atom is 0.490 e. The third kappa shape index (κ3) is 9.39. The maximum absolute atomic E-state index is 13.5. The Kier molecular flexibility index (Phi) is 11.1. The number of H-pyrrole nitrogens is 1. The minimum Gasteiger partial charge on any atom is -0.481 e. The Morgan fingerprint density at radius 3 is 2.21 bits per heavy atom. The highest BCUT2D eigenvalue weighted by Crippen LogP contribution is 2.26. The molecule has 4 aromatic carbocycles. The Hall–Kier alpha value is -6.18. The van der Waals surface area contributed by atoms with Crippen molar-refractivity contribution in [3.63, 3.8) is 0 Å². The number of carboxylic acids is 2. The van der Waals surface area contributed by atoms with E-state index < -0.39 is 29.7 Å². The first-order valence-electron chi connectivity index (χ1n) is 17.0. The number of anilines is 2. The number of aliphatic carboxylic acids is 2. The topological polar surface area (TPSA) is 153 Å². The quantitative estimate of drug-likeness (QED) is 0.124. The molecule has 1 aliphatic heterocycles. The normalized spacial score (nSPS) is 14.1. The fraction of sp³-hybridized carbons (Fsp3) is 0.256. The average Bonchev–Trinajstić information content (AvgIpc) is 3.55. The van der Waals surface area contributed by atoms with Gasteiger partial charge in [-0.15, -0.1) is 0 Å². The van der Waals surface area contributed by atoms with Gasteiger partial charge >= 0.3 is 23.8 Å². The van der Waals surface area contributed by atoms with E-state index in [2.05, 4.69) is 37.3 Å². The minimum atomic E-state index is -5.08. The van der Waals surface area contributed by atoms with Crippen LogP contribution < -0.4 is 15.9 Å². The molecule has 3 heterocycles. The molecular weight excluding hydrogens is 689 g/mol. The number of carboxylic acid groups (broad SMARTS) is 2. The zero-order valence-corrected chi connectivity index (χ0v) is 28.5. The average molecular weight is 727 g/mol. The first-order chi connectivity index (χ1) is 25.4. The van der Waals surface area contributed by atoms with Crippen LogP contribution in [0.2, 0.25) is 0 Å². The van der Waals surface area contributed by atoms with Gasteiger partial charge in [-0.3, -0.25) is 9.36 Å². The lowest BCUT2D eigenvalue weighted by atomic mass is 9.97. The van der Waals surface area contributed by atoms with E-state index in [1.54, 1.807) is 0 Å². The third-order valence-corrected chi connectivity index (χ3v) is 9.11. The van der Waals surface area contributed by atoms with Crippen LogP contribution in [0.3, 0.4) is 0 Å². The summed E-state index contributed by atoms with van der Waals surface area (Å²) in [7, 11) is 0. The Labute approximate surface area is 301 Å². The third-order valence-electron chi connectivity index (χ3n) is 9.11. The molecule has 2 aromatic heterocycles. The molecule has 0 amide bonds. The number of carbonyl (C=O) groups is 2. The molecule has 0 radical (unpaired) electrons. The second-order valence-electron chi connectivity index (χ2n) is 12.9. The summed E-state index contributed by atoms with van der Waals surface area (Å²) in [6.07, 6.45) is -0.636. The highest BCUT2D eigenvalue weighted by molar-refractivity contribution is 5.83. The van der Waals surface area contributed by atoms with Crippen LogP contribution in [0.1, 0.15) is 29.5 Å². The van der Waals surface area contributed by atoms with Crippen molar-refractivity contribution in [3.05, 3.63) is 130 Å². The number of aromatic nitrogens is 4. The molecule has 1 unspecified atom stereocenters. The Morgan fingerprint density at radius 1 is 0.868 bits per heavy atom. The molecule has 0 spiro atoms. The summed E-state index contributed by atoms with van der Waals surface area (Å²) in [5, 5.41) is 23.0. The van der Waals surface area contributed by atoms with Crippen molar-refractivity contribution in [1.82, 2.24) is 19.5 Å². The number of benzene rings is 4. The van der Waals surface area contributed by atoms with Crippen LogP contribution in [-0.4, -0.2) is 67.0 Å². The zero-order chi connectivity index (χ0) is 37.5. The van der Waals surface area contributed by atoms with E-state index in [0.717, 1.165) is 70.4 Å². The van der Waals surface area contributed by atoms with Crippen LogP contribution in [0.5, 0.6) is 0 Å². The number of hydrogen-bond donors (Lipinski definition) is 4. The van der Waals surface area contributed by atoms with Gasteiger partial charge in [-0.2, -0.15) is 18.2 Å². The van der Waals surface area contributed by atoms with Crippen LogP contribution in [0.25, 0.3) is 21.8 Å². The van der Waals surface area contributed by atoms with Gasteiger partial charge in [0.2, 0.25) is 5.95 Å². The van der Waals surface area contributed by atoms with Gasteiger partial charge in [0.1, 0.15) is 5.82 Å². The Morgan fingerprint density at radius 2 is 1.53 bits per heavy atom. The van der Waals surface area contributed by atoms with Crippen molar-refractivity contribution >= 4 is 45.5 Å². The van der Waals surface area contributed by atoms with E-state index in [1.165, 1.54) is 4.57 Å². The van der Waals surface area contributed by atoms with E-state index in [9.17, 15) is 27.9 Å². The first-order valence-corrected chi connectivity index (χ1v) is 17.0. The molecule has 1 atom stereocenters. The van der Waals surface area contributed by atoms with Gasteiger partial charge in [0.25, 0.3) is 0 Å². The van der Waals surface area contributed by atoms with E-state index in [0.29, 0.717) is 18.7 Å². The van der Waals surface area contributed by atoms with Crippen molar-refractivity contribution in [1.29, 1.82) is 0 Å². The second-order valence-corrected chi connectivity index (χ2v) is 12.9. The van der Waals surface area contributed by atoms with Crippen molar-refractivity contribution < 1.29 is 33.0 Å². The van der Waals surface area contributed by atoms with Crippen molar-refractivity contribution in [3.8, 4) is 0 Å². The summed E-state index contributed by atoms with van der Waals surface area (Å²) in [5.74, 6) is -3.04. The van der Waals surface area contributed by atoms with Crippen molar-refractivity contribution in [2.45, 2.75) is 44.4 Å². The molecule has 53 heavy (non-hydrogen) atoms. The summed E-state index contributed by atoms with van der Waals surface area (Å²) in [5.41, 5.74) is 4.43. The molecular formula is C39H37F3N6O5. The van der Waals surface area contributed by atoms with E-state index >= 15 is 0 Å². The smallest absolute Gasteiger partial charge is 0.481 e. The first kappa shape index (κ1) is 36.6. The highest BCUT2D eigenvalue weighted by Gasteiger charge is 2.38. The Balaban J connectivity index is 0.000000626. The summed E-state index contributed by atoms with van der Waals surface area (Å²) in [6.45, 7) is 1.51. The molecule has 1 fully saturated rings. The van der Waals surface area contributed by atoms with Crippen molar-refractivity contribution in [2.75, 3.05) is 23.3 Å². The highest BCUT2D eigenvalue weighted by atomic mass is 19.4. The van der Waals surface area contributed by atoms with Gasteiger partial charge in [-0.25, -0.2) is 14.6 Å². The van der Waals surface area contributed by atoms with Gasteiger partial charge in [0.15, 0.2) is 0 Å². The number of halogens is 3. The molecule has 0 aliphatic carbocycles. The number of para-hydroxylation sites is 2. The lowest BCUT2D eigenvalue weighted by molar-refractivity contribution is -0.192. The minimum absolute atomic E-state index is 0.0412. The van der Waals surface area contributed by atoms with Crippen LogP contribution >= 0.6 is 0 Å². The van der Waals surface area contributed by atoms with Gasteiger partial charge in [0.05, 0.1) is 17.0 Å². The largest absolute Gasteiger partial charge is 0.490 e. The predicted octanol–water partition coefficient (Wildman–Crippen LogP) is 6.52. The number of imidazole rings is 1. The fourth-order valence-corrected chi connectivity index (χ4v) is 6.44. The van der Waals surface area contributed by atoms with E-state index in [4.69, 9.17) is 9.90 Å². The molecule has 0 bridgehead atoms. The number of aromatic amines is 1. The lowest BCUT2D eigenvalue weighted by Crippen LogP contribution is -2.41. The summed E-state index contributed by atoms with van der Waals surface area (Å²) in [4.78, 5) is 49.6. The monoisotopic (exact) mass is 726 g/mol. The van der Waals surface area contributed by atoms with Gasteiger partial charge in [0, 0.05) is 43.9 Å². The predicted molar refractivity (Wildman–Crippen MR) is 195 cm³/mol. The van der Waals surface area contributed by atoms with E-state index in [-0.39, 0.29) is 12.6 Å². The lowest BCUT2D eigenvalue weighted by Gasteiger charge is -2.34. The number of rotatable bonds is 10. The molecule has 0 saturated carbocycles. The zero-order valence-electron chi connectivity index (χ0n) is 28.5. The van der Waals surface area contributed by atoms with Crippen LogP contribution in [0, 0.1) is 5.92 Å². The number of hydrogen-bond acceptors (Lipinski definition) is 7. The van der Waals surface area contributed by atoms with Crippen LogP contribution in [0.15, 0.2) is 108 Å². The van der Waals surface area contributed by atoms with Crippen LogP contribution in [-0.2, 0) is 29.0 Å². The standard InChI is InChI=1S/C37H36N6O3.C2HF3O2/c44-35(45)30(22-26-14-15-27-10-4-5-11-28(27)21-26)24-43-23-29(20-25-8-2-1-3-9-25)34(41-37(43)46)42-18-16-31(17-19-42)38-36-39-32-12-6-7-13-33(32)40-36;3-2(4,5)1(6)7/h1-15,21,23,30-31H,16-20,22,24H2,(H,44,45)(H2,38,39,40);(H,6,7). The number of nitrogens with zero attached hydrogens (tertiary/aromatic N) is 4. The molecule has 1 saturated heterocycles. The van der Waals surface area contributed by atoms with Gasteiger partial charge < -0.3 is 25.4 Å².